The number of rotatable bonds is 5. The van der Waals surface area contributed by atoms with E-state index in [1.54, 1.807) is 0 Å². The predicted octanol–water partition coefficient (Wildman–Crippen LogP) is 3.41. The average molecular weight is 258 g/mol. The molecular formula is C16H22N2O. The third kappa shape index (κ3) is 3.37. The smallest absolute Gasteiger partial charge is 0.224 e. The third-order valence-electron chi connectivity index (χ3n) is 3.38. The lowest BCUT2D eigenvalue weighted by Crippen LogP contribution is -2.43. The Balaban J connectivity index is 2.07. The molecule has 0 atom stereocenters. The van der Waals surface area contributed by atoms with Gasteiger partial charge in [0.1, 0.15) is 0 Å². The van der Waals surface area contributed by atoms with E-state index in [1.807, 2.05) is 30.5 Å². The number of para-hydroxylation sites is 1. The van der Waals surface area contributed by atoms with Gasteiger partial charge in [0.25, 0.3) is 0 Å². The number of hydrogen-bond acceptors (Lipinski definition) is 1. The quantitative estimate of drug-likeness (QED) is 0.848. The van der Waals surface area contributed by atoms with E-state index in [4.69, 9.17) is 0 Å². The standard InChI is InChI=1S/C16H22N2O/c1-4-9-16(2,3)18-15(19)10-12-11-17-14-8-6-5-7-13(12)14/h5-8,11,17H,4,9-10H2,1-3H3,(H,18,19). The fourth-order valence-corrected chi connectivity index (χ4v) is 2.56. The van der Waals surface area contributed by atoms with Crippen molar-refractivity contribution in [2.75, 3.05) is 0 Å². The van der Waals surface area contributed by atoms with Gasteiger partial charge in [-0.2, -0.15) is 0 Å². The van der Waals surface area contributed by atoms with Gasteiger partial charge in [0.05, 0.1) is 6.42 Å². The number of fused-ring (bicyclic) bond motifs is 1. The first kappa shape index (κ1) is 13.7. The summed E-state index contributed by atoms with van der Waals surface area (Å²) in [7, 11) is 0. The minimum Gasteiger partial charge on any atom is -0.361 e. The molecule has 1 amide bonds. The summed E-state index contributed by atoms with van der Waals surface area (Å²) >= 11 is 0. The van der Waals surface area contributed by atoms with Crippen molar-refractivity contribution in [3.05, 3.63) is 36.0 Å². The van der Waals surface area contributed by atoms with E-state index in [-0.39, 0.29) is 11.4 Å². The summed E-state index contributed by atoms with van der Waals surface area (Å²) in [5, 5.41) is 4.24. The fraction of sp³-hybridized carbons (Fsp3) is 0.438. The lowest BCUT2D eigenvalue weighted by atomic mass is 9.98. The molecule has 0 radical (unpaired) electrons. The zero-order valence-electron chi connectivity index (χ0n) is 11.9. The number of H-pyrrole nitrogens is 1. The normalized spacial score (nSPS) is 11.7. The monoisotopic (exact) mass is 258 g/mol. The van der Waals surface area contributed by atoms with Crippen molar-refractivity contribution in [1.29, 1.82) is 0 Å². The van der Waals surface area contributed by atoms with Gasteiger partial charge < -0.3 is 10.3 Å². The second-order valence-electron chi connectivity index (χ2n) is 5.72. The van der Waals surface area contributed by atoms with Crippen LogP contribution in [0.5, 0.6) is 0 Å². The summed E-state index contributed by atoms with van der Waals surface area (Å²) in [6, 6.07) is 8.06. The Bertz CT molecular complexity index is 569. The summed E-state index contributed by atoms with van der Waals surface area (Å²) in [6.07, 6.45) is 4.42. The van der Waals surface area contributed by atoms with Crippen LogP contribution in [0, 0.1) is 0 Å². The van der Waals surface area contributed by atoms with Gasteiger partial charge in [-0.1, -0.05) is 31.5 Å². The number of benzene rings is 1. The molecule has 0 saturated heterocycles. The van der Waals surface area contributed by atoms with Gasteiger partial charge in [-0.3, -0.25) is 4.79 Å². The second-order valence-corrected chi connectivity index (χ2v) is 5.72. The summed E-state index contributed by atoms with van der Waals surface area (Å²) in [4.78, 5) is 15.3. The summed E-state index contributed by atoms with van der Waals surface area (Å²) in [5.41, 5.74) is 2.01. The van der Waals surface area contributed by atoms with Crippen LogP contribution >= 0.6 is 0 Å². The molecule has 102 valence electrons. The topological polar surface area (TPSA) is 44.9 Å². The van der Waals surface area contributed by atoms with E-state index in [0.29, 0.717) is 6.42 Å². The summed E-state index contributed by atoms with van der Waals surface area (Å²) < 4.78 is 0. The number of carbonyl (C=O) groups excluding carboxylic acids is 1. The molecule has 0 bridgehead atoms. The molecule has 19 heavy (non-hydrogen) atoms. The maximum atomic E-state index is 12.1. The molecule has 0 fully saturated rings. The number of carbonyl (C=O) groups is 1. The molecule has 2 rings (SSSR count). The highest BCUT2D eigenvalue weighted by Gasteiger charge is 2.19. The van der Waals surface area contributed by atoms with Crippen molar-refractivity contribution < 1.29 is 4.79 Å². The van der Waals surface area contributed by atoms with Crippen LogP contribution in [-0.2, 0) is 11.2 Å². The Morgan fingerprint density at radius 2 is 2.05 bits per heavy atom. The minimum atomic E-state index is -0.127. The molecule has 0 aliphatic carbocycles. The first-order valence-electron chi connectivity index (χ1n) is 6.88. The van der Waals surface area contributed by atoms with Crippen molar-refractivity contribution in [2.24, 2.45) is 0 Å². The predicted molar refractivity (Wildman–Crippen MR) is 79.1 cm³/mol. The van der Waals surface area contributed by atoms with E-state index < -0.39 is 0 Å². The molecule has 3 heteroatoms. The van der Waals surface area contributed by atoms with Gasteiger partial charge in [0.2, 0.25) is 5.91 Å². The lowest BCUT2D eigenvalue weighted by molar-refractivity contribution is -0.122. The highest BCUT2D eigenvalue weighted by atomic mass is 16.1. The van der Waals surface area contributed by atoms with Gasteiger partial charge in [-0.25, -0.2) is 0 Å². The van der Waals surface area contributed by atoms with Crippen molar-refractivity contribution in [3.63, 3.8) is 0 Å². The zero-order chi connectivity index (χ0) is 13.9. The van der Waals surface area contributed by atoms with Crippen LogP contribution < -0.4 is 5.32 Å². The lowest BCUT2D eigenvalue weighted by Gasteiger charge is -2.25. The van der Waals surface area contributed by atoms with Gasteiger partial charge in [-0.05, 0) is 31.9 Å². The first-order chi connectivity index (χ1) is 9.02. The average Bonchev–Trinajstić information content (AvgIpc) is 2.72. The molecule has 0 aliphatic rings. The van der Waals surface area contributed by atoms with Gasteiger partial charge in [0, 0.05) is 22.6 Å². The minimum absolute atomic E-state index is 0.0863. The van der Waals surface area contributed by atoms with Crippen LogP contribution in [0.4, 0.5) is 0 Å². The van der Waals surface area contributed by atoms with Crippen LogP contribution in [0.2, 0.25) is 0 Å². The Morgan fingerprint density at radius 1 is 1.32 bits per heavy atom. The van der Waals surface area contributed by atoms with Gasteiger partial charge in [-0.15, -0.1) is 0 Å². The molecular weight excluding hydrogens is 236 g/mol. The molecule has 1 aromatic carbocycles. The Morgan fingerprint density at radius 3 is 2.79 bits per heavy atom. The number of hydrogen-bond donors (Lipinski definition) is 2. The van der Waals surface area contributed by atoms with Crippen LogP contribution in [0.15, 0.2) is 30.5 Å². The van der Waals surface area contributed by atoms with E-state index in [2.05, 4.69) is 31.1 Å². The van der Waals surface area contributed by atoms with Crippen molar-refractivity contribution in [3.8, 4) is 0 Å². The Kier molecular flexibility index (Phi) is 3.93. The molecule has 2 aromatic rings. The van der Waals surface area contributed by atoms with Crippen LogP contribution in [0.3, 0.4) is 0 Å². The molecule has 1 aromatic heterocycles. The second kappa shape index (κ2) is 5.47. The molecule has 1 heterocycles. The Hall–Kier alpha value is -1.77. The van der Waals surface area contributed by atoms with E-state index in [9.17, 15) is 4.79 Å². The highest BCUT2D eigenvalue weighted by Crippen LogP contribution is 2.18. The summed E-state index contributed by atoms with van der Waals surface area (Å²) in [6.45, 7) is 6.28. The maximum Gasteiger partial charge on any atom is 0.224 e. The molecule has 3 nitrogen and oxygen atoms in total. The van der Waals surface area contributed by atoms with Crippen molar-refractivity contribution in [1.82, 2.24) is 10.3 Å². The molecule has 0 saturated carbocycles. The third-order valence-corrected chi connectivity index (χ3v) is 3.38. The van der Waals surface area contributed by atoms with Crippen LogP contribution in [0.1, 0.15) is 39.2 Å². The molecule has 0 aliphatic heterocycles. The molecule has 0 spiro atoms. The first-order valence-corrected chi connectivity index (χ1v) is 6.88. The Labute approximate surface area is 114 Å². The highest BCUT2D eigenvalue weighted by molar-refractivity contribution is 5.89. The van der Waals surface area contributed by atoms with E-state index >= 15 is 0 Å². The molecule has 2 N–H and O–H groups in total. The molecule has 0 unspecified atom stereocenters. The van der Waals surface area contributed by atoms with Gasteiger partial charge in [0.15, 0.2) is 0 Å². The SMILES string of the molecule is CCCC(C)(C)NC(=O)Cc1c[nH]c2ccccc12. The summed E-state index contributed by atoms with van der Waals surface area (Å²) in [5.74, 6) is 0.0863. The zero-order valence-corrected chi connectivity index (χ0v) is 11.9. The number of aromatic amines is 1. The largest absolute Gasteiger partial charge is 0.361 e. The van der Waals surface area contributed by atoms with Crippen LogP contribution in [-0.4, -0.2) is 16.4 Å². The number of nitrogens with one attached hydrogen (secondary N) is 2. The fourth-order valence-electron chi connectivity index (χ4n) is 2.56. The van der Waals surface area contributed by atoms with E-state index in [1.165, 1.54) is 0 Å². The number of amides is 1. The van der Waals surface area contributed by atoms with E-state index in [0.717, 1.165) is 29.3 Å². The van der Waals surface area contributed by atoms with Gasteiger partial charge >= 0.3 is 0 Å². The maximum absolute atomic E-state index is 12.1. The number of aromatic nitrogens is 1. The van der Waals surface area contributed by atoms with Crippen LogP contribution in [0.25, 0.3) is 10.9 Å². The van der Waals surface area contributed by atoms with Crippen molar-refractivity contribution >= 4 is 16.8 Å². The van der Waals surface area contributed by atoms with Crippen molar-refractivity contribution in [2.45, 2.75) is 45.6 Å².